The summed E-state index contributed by atoms with van der Waals surface area (Å²) in [6.45, 7) is 10.1. The average Bonchev–Trinajstić information content (AvgIpc) is 2.75. The summed E-state index contributed by atoms with van der Waals surface area (Å²) in [6.07, 6.45) is 4.14. The van der Waals surface area contributed by atoms with Crippen molar-refractivity contribution < 1.29 is 4.57 Å². The lowest BCUT2D eigenvalue weighted by molar-refractivity contribution is -0.659. The Morgan fingerprint density at radius 3 is 2.00 bits per heavy atom. The number of hydrogen-bond acceptors (Lipinski definition) is 0. The Bertz CT molecular complexity index is 436. The molecule has 0 saturated carbocycles. The smallest absolute Gasteiger partial charge is 0.233 e. The quantitative estimate of drug-likeness (QED) is 0.676. The summed E-state index contributed by atoms with van der Waals surface area (Å²) in [5, 5.41) is 0. The third-order valence-corrected chi connectivity index (χ3v) is 2.57. The zero-order valence-corrected chi connectivity index (χ0v) is 12.9. The van der Waals surface area contributed by atoms with Crippen molar-refractivity contribution in [2.75, 3.05) is 0 Å². The highest BCUT2D eigenvalue weighted by molar-refractivity contribution is 5.57. The maximum atomic E-state index is 2.16. The van der Waals surface area contributed by atoms with E-state index in [-0.39, 0.29) is 0 Å². The molecule has 0 spiro atoms. The van der Waals surface area contributed by atoms with Gasteiger partial charge in [-0.25, -0.2) is 9.13 Å². The number of hydrogen-bond donors (Lipinski definition) is 0. The van der Waals surface area contributed by atoms with E-state index in [1.165, 1.54) is 17.0 Å². The van der Waals surface area contributed by atoms with Gasteiger partial charge in [0.1, 0.15) is 12.4 Å². The van der Waals surface area contributed by atoms with Crippen LogP contribution in [0.4, 0.5) is 0 Å². The second-order valence-electron chi connectivity index (χ2n) is 3.66. The third kappa shape index (κ3) is 3.73. The molecule has 0 aliphatic carbocycles. The van der Waals surface area contributed by atoms with Crippen molar-refractivity contribution in [3.63, 3.8) is 0 Å². The van der Waals surface area contributed by atoms with Gasteiger partial charge < -0.3 is 0 Å². The van der Waals surface area contributed by atoms with E-state index in [4.69, 9.17) is 0 Å². The van der Waals surface area contributed by atoms with Crippen LogP contribution in [0, 0.1) is 6.92 Å². The lowest BCUT2D eigenvalue weighted by Gasteiger charge is -2.02. The van der Waals surface area contributed by atoms with Gasteiger partial charge in [0.25, 0.3) is 5.82 Å². The van der Waals surface area contributed by atoms with Crippen LogP contribution in [-0.4, -0.2) is 4.57 Å². The van der Waals surface area contributed by atoms with Gasteiger partial charge in [0.15, 0.2) is 0 Å². The highest BCUT2D eigenvalue weighted by Gasteiger charge is 2.15. The summed E-state index contributed by atoms with van der Waals surface area (Å²) < 4.78 is 4.28. The van der Waals surface area contributed by atoms with Crippen molar-refractivity contribution in [1.29, 1.82) is 0 Å². The zero-order chi connectivity index (χ0) is 14.1. The Kier molecular flexibility index (Phi) is 7.77. The molecule has 1 aromatic carbocycles. The molecule has 2 aromatic rings. The molecule has 100 valence electrons. The van der Waals surface area contributed by atoms with E-state index in [0.29, 0.717) is 0 Å². The second kappa shape index (κ2) is 8.51. The van der Waals surface area contributed by atoms with Gasteiger partial charge in [-0.3, -0.25) is 0 Å². The second-order valence-corrected chi connectivity index (χ2v) is 3.66. The van der Waals surface area contributed by atoms with E-state index < -0.39 is 0 Å². The zero-order valence-electron chi connectivity index (χ0n) is 12.9. The van der Waals surface area contributed by atoms with Crippen LogP contribution in [0.3, 0.4) is 0 Å². The van der Waals surface area contributed by atoms with E-state index >= 15 is 0 Å². The first-order valence-corrected chi connectivity index (χ1v) is 6.77. The van der Waals surface area contributed by atoms with Gasteiger partial charge in [-0.1, -0.05) is 45.9 Å². The predicted molar refractivity (Wildman–Crippen MR) is 79.5 cm³/mol. The summed E-state index contributed by atoms with van der Waals surface area (Å²) in [6, 6.07) is 8.45. The van der Waals surface area contributed by atoms with Crippen molar-refractivity contribution >= 4 is 0 Å². The number of rotatable bonds is 1. The molecule has 0 saturated heterocycles. The van der Waals surface area contributed by atoms with E-state index in [1.807, 2.05) is 27.7 Å². The number of aryl methyl sites for hydroxylation is 3. The topological polar surface area (TPSA) is 8.81 Å². The molecule has 2 heteroatoms. The molecule has 0 amide bonds. The largest absolute Gasteiger partial charge is 0.288 e. The van der Waals surface area contributed by atoms with Crippen LogP contribution in [0.25, 0.3) is 11.4 Å². The number of benzene rings is 1. The summed E-state index contributed by atoms with van der Waals surface area (Å²) in [7, 11) is 4.14. The number of aromatic nitrogens is 2. The van der Waals surface area contributed by atoms with Crippen molar-refractivity contribution in [3.05, 3.63) is 42.2 Å². The molecule has 0 N–H and O–H groups in total. The monoisotopic (exact) mass is 247 g/mol. The standard InChI is InChI=1S/C12H15N2.2C2H6/c1-10-6-4-5-7-11(10)12-13(2)8-9-14(12)3;2*1-2/h4-9H,1-3H3;2*1-2H3/q+1;;. The average molecular weight is 247 g/mol. The predicted octanol–water partition coefficient (Wildman–Crippen LogP) is 3.88. The fourth-order valence-corrected chi connectivity index (χ4v) is 1.79. The lowest BCUT2D eigenvalue weighted by atomic mass is 10.1. The molecule has 18 heavy (non-hydrogen) atoms. The molecular weight excluding hydrogens is 220 g/mol. The molecule has 0 bridgehead atoms. The summed E-state index contributed by atoms with van der Waals surface area (Å²) in [5.41, 5.74) is 2.60. The van der Waals surface area contributed by atoms with Gasteiger partial charge >= 0.3 is 0 Å². The fraction of sp³-hybridized carbons (Fsp3) is 0.438. The first kappa shape index (κ1) is 16.4. The van der Waals surface area contributed by atoms with Gasteiger partial charge in [-0.15, -0.1) is 0 Å². The number of nitrogens with zero attached hydrogens (tertiary/aromatic N) is 2. The van der Waals surface area contributed by atoms with E-state index in [1.54, 1.807) is 0 Å². The molecular formula is C16H27N2+. The van der Waals surface area contributed by atoms with Gasteiger partial charge in [0, 0.05) is 0 Å². The molecule has 0 fully saturated rings. The van der Waals surface area contributed by atoms with Crippen LogP contribution >= 0.6 is 0 Å². The van der Waals surface area contributed by atoms with Gasteiger partial charge in [-0.05, 0) is 18.6 Å². The maximum Gasteiger partial charge on any atom is 0.288 e. The summed E-state index contributed by atoms with van der Waals surface area (Å²) in [4.78, 5) is 0. The first-order chi connectivity index (χ1) is 8.70. The SMILES string of the molecule is CC.CC.Cc1ccccc1-c1n(C)cc[n+]1C. The molecule has 2 nitrogen and oxygen atoms in total. The Morgan fingerprint density at radius 1 is 1.00 bits per heavy atom. The normalized spacial score (nSPS) is 8.83. The van der Waals surface area contributed by atoms with Crippen molar-refractivity contribution in [2.45, 2.75) is 34.6 Å². The van der Waals surface area contributed by atoms with E-state index in [2.05, 4.69) is 66.8 Å². The van der Waals surface area contributed by atoms with Crippen molar-refractivity contribution in [2.24, 2.45) is 14.1 Å². The molecule has 1 heterocycles. The third-order valence-electron chi connectivity index (χ3n) is 2.57. The first-order valence-electron chi connectivity index (χ1n) is 6.77. The van der Waals surface area contributed by atoms with Gasteiger partial charge in [0.05, 0.1) is 19.7 Å². The summed E-state index contributed by atoms with van der Waals surface area (Å²) >= 11 is 0. The molecule has 0 aliphatic rings. The Balaban J connectivity index is 0.000000659. The van der Waals surface area contributed by atoms with Crippen LogP contribution in [0.1, 0.15) is 33.3 Å². The van der Waals surface area contributed by atoms with Crippen molar-refractivity contribution in [1.82, 2.24) is 4.57 Å². The lowest BCUT2D eigenvalue weighted by Crippen LogP contribution is -2.28. The highest BCUT2D eigenvalue weighted by atomic mass is 15.1. The fourth-order valence-electron chi connectivity index (χ4n) is 1.79. The number of imidazole rings is 1. The molecule has 1 aromatic heterocycles. The molecule has 0 radical (unpaired) electrons. The van der Waals surface area contributed by atoms with Crippen molar-refractivity contribution in [3.8, 4) is 11.4 Å². The molecule has 0 unspecified atom stereocenters. The Labute approximate surface area is 112 Å². The molecule has 0 atom stereocenters. The van der Waals surface area contributed by atoms with Crippen LogP contribution in [0.15, 0.2) is 36.7 Å². The van der Waals surface area contributed by atoms with Crippen LogP contribution in [0.2, 0.25) is 0 Å². The van der Waals surface area contributed by atoms with Crippen LogP contribution in [-0.2, 0) is 14.1 Å². The summed E-state index contributed by atoms with van der Waals surface area (Å²) in [5.74, 6) is 1.24. The van der Waals surface area contributed by atoms with Gasteiger partial charge in [-0.2, -0.15) is 0 Å². The van der Waals surface area contributed by atoms with Gasteiger partial charge in [0.2, 0.25) is 0 Å². The van der Waals surface area contributed by atoms with Crippen LogP contribution in [0.5, 0.6) is 0 Å². The Hall–Kier alpha value is -1.57. The molecule has 0 aliphatic heterocycles. The molecule has 2 rings (SSSR count). The van der Waals surface area contributed by atoms with E-state index in [9.17, 15) is 0 Å². The minimum Gasteiger partial charge on any atom is -0.233 e. The maximum absolute atomic E-state index is 2.16. The Morgan fingerprint density at radius 2 is 1.56 bits per heavy atom. The minimum absolute atomic E-state index is 1.24. The van der Waals surface area contributed by atoms with E-state index in [0.717, 1.165) is 0 Å². The minimum atomic E-state index is 1.24. The van der Waals surface area contributed by atoms with Crippen LogP contribution < -0.4 is 4.57 Å². The highest BCUT2D eigenvalue weighted by Crippen LogP contribution is 2.18.